The largest absolute Gasteiger partial charge is 0.394 e. The van der Waals surface area contributed by atoms with Gasteiger partial charge in [-0.3, -0.25) is 4.57 Å². The van der Waals surface area contributed by atoms with Crippen molar-refractivity contribution in [2.75, 3.05) is 17.8 Å². The molecule has 1 aliphatic rings. The molecule has 3 rings (SSSR count). The zero-order chi connectivity index (χ0) is 15.9. The summed E-state index contributed by atoms with van der Waals surface area (Å²) in [5.74, 6) is 0.218. The van der Waals surface area contributed by atoms with Gasteiger partial charge < -0.3 is 25.8 Å². The van der Waals surface area contributed by atoms with Gasteiger partial charge in [0.2, 0.25) is 5.95 Å². The minimum absolute atomic E-state index is 0.105. The standard InChI is InChI=1S/C11H15N7O4/c1-13-17-11-15-8(12)5-9(16-11)18(3-14-5)10-7(21)6(20)4(2-19)22-10/h3-4,6-7,10,19-21H,1-2H2,(H3,12,15,16,17)/t4-,6-,7-,10-/m1/s1. The zero-order valence-electron chi connectivity index (χ0n) is 11.4. The first-order valence-electron chi connectivity index (χ1n) is 6.41. The molecule has 0 aliphatic carbocycles. The van der Waals surface area contributed by atoms with E-state index in [1.165, 1.54) is 10.9 Å². The number of nitrogens with zero attached hydrogens (tertiary/aromatic N) is 5. The Hall–Kier alpha value is -2.34. The Morgan fingerprint density at radius 3 is 2.82 bits per heavy atom. The number of anilines is 2. The molecular formula is C11H15N7O4. The third kappa shape index (κ3) is 2.16. The summed E-state index contributed by atoms with van der Waals surface area (Å²) in [4.78, 5) is 12.2. The first kappa shape index (κ1) is 14.6. The molecule has 1 aliphatic heterocycles. The van der Waals surface area contributed by atoms with Crippen molar-refractivity contribution in [3.8, 4) is 0 Å². The number of hydrazone groups is 1. The number of nitrogens with one attached hydrogen (secondary N) is 1. The third-order valence-electron chi connectivity index (χ3n) is 3.42. The lowest BCUT2D eigenvalue weighted by Gasteiger charge is -2.16. The summed E-state index contributed by atoms with van der Waals surface area (Å²) in [6, 6.07) is 0. The highest BCUT2D eigenvalue weighted by Crippen LogP contribution is 2.32. The molecule has 0 saturated carbocycles. The molecule has 0 bridgehead atoms. The molecule has 0 spiro atoms. The Bertz CT molecular complexity index is 705. The molecule has 0 aromatic carbocycles. The van der Waals surface area contributed by atoms with Crippen molar-refractivity contribution in [1.82, 2.24) is 19.5 Å². The number of fused-ring (bicyclic) bond motifs is 1. The number of aromatic nitrogens is 4. The van der Waals surface area contributed by atoms with Gasteiger partial charge in [0.1, 0.15) is 23.8 Å². The van der Waals surface area contributed by atoms with Gasteiger partial charge in [0.15, 0.2) is 17.7 Å². The van der Waals surface area contributed by atoms with E-state index >= 15 is 0 Å². The summed E-state index contributed by atoms with van der Waals surface area (Å²) in [5.41, 5.74) is 8.86. The second-order valence-electron chi connectivity index (χ2n) is 4.76. The Morgan fingerprint density at radius 1 is 1.41 bits per heavy atom. The van der Waals surface area contributed by atoms with E-state index in [4.69, 9.17) is 15.6 Å². The Kier molecular flexibility index (Phi) is 3.62. The summed E-state index contributed by atoms with van der Waals surface area (Å²) in [6.07, 6.45) is -2.97. The number of hydrogen-bond acceptors (Lipinski definition) is 10. The smallest absolute Gasteiger partial charge is 0.247 e. The Labute approximate surface area is 124 Å². The topological polar surface area (TPSA) is 164 Å². The summed E-state index contributed by atoms with van der Waals surface area (Å²) < 4.78 is 6.85. The maximum atomic E-state index is 10.1. The fraction of sp³-hybridized carbons (Fsp3) is 0.455. The number of hydrogen-bond donors (Lipinski definition) is 5. The SMILES string of the molecule is C=NNc1nc(N)c2ncn([C@@H]3O[C@H](CO)[C@@H](O)[C@H]3O)c2n1. The van der Waals surface area contributed by atoms with E-state index in [9.17, 15) is 10.2 Å². The van der Waals surface area contributed by atoms with Crippen LogP contribution in [0.4, 0.5) is 11.8 Å². The van der Waals surface area contributed by atoms with Gasteiger partial charge in [0.05, 0.1) is 12.9 Å². The van der Waals surface area contributed by atoms with Crippen LogP contribution in [0, 0.1) is 0 Å². The van der Waals surface area contributed by atoms with Crippen LogP contribution in [-0.4, -0.2) is 66.5 Å². The Balaban J connectivity index is 2.06. The maximum absolute atomic E-state index is 10.1. The molecule has 3 heterocycles. The highest BCUT2D eigenvalue weighted by molar-refractivity contribution is 5.82. The van der Waals surface area contributed by atoms with Crippen molar-refractivity contribution >= 4 is 29.6 Å². The highest BCUT2D eigenvalue weighted by atomic mass is 16.6. The lowest BCUT2D eigenvalue weighted by atomic mass is 10.1. The van der Waals surface area contributed by atoms with Gasteiger partial charge >= 0.3 is 0 Å². The van der Waals surface area contributed by atoms with Crippen LogP contribution in [0.3, 0.4) is 0 Å². The van der Waals surface area contributed by atoms with Gasteiger partial charge in [0.25, 0.3) is 0 Å². The van der Waals surface area contributed by atoms with Crippen LogP contribution in [0.25, 0.3) is 11.2 Å². The molecule has 1 fully saturated rings. The van der Waals surface area contributed by atoms with Crippen LogP contribution in [0.2, 0.25) is 0 Å². The average Bonchev–Trinajstić information content (AvgIpc) is 3.03. The molecule has 1 saturated heterocycles. The van der Waals surface area contributed by atoms with Crippen molar-refractivity contribution < 1.29 is 20.1 Å². The molecule has 6 N–H and O–H groups in total. The van der Waals surface area contributed by atoms with Crippen LogP contribution in [0.15, 0.2) is 11.4 Å². The van der Waals surface area contributed by atoms with E-state index in [1.54, 1.807) is 0 Å². The summed E-state index contributed by atoms with van der Waals surface area (Å²) in [5, 5.41) is 32.5. The fourth-order valence-electron chi connectivity index (χ4n) is 2.36. The monoisotopic (exact) mass is 309 g/mol. The van der Waals surface area contributed by atoms with Crippen LogP contribution in [0.5, 0.6) is 0 Å². The van der Waals surface area contributed by atoms with E-state index in [1.807, 2.05) is 0 Å². The fourth-order valence-corrected chi connectivity index (χ4v) is 2.36. The van der Waals surface area contributed by atoms with E-state index in [0.29, 0.717) is 5.52 Å². The molecule has 11 nitrogen and oxygen atoms in total. The van der Waals surface area contributed by atoms with Crippen molar-refractivity contribution in [2.45, 2.75) is 24.5 Å². The molecule has 0 radical (unpaired) electrons. The van der Waals surface area contributed by atoms with Crippen LogP contribution >= 0.6 is 0 Å². The predicted octanol–water partition coefficient (Wildman–Crippen LogP) is -1.95. The first-order valence-corrected chi connectivity index (χ1v) is 6.41. The summed E-state index contributed by atoms with van der Waals surface area (Å²) in [6.45, 7) is 2.84. The molecule has 11 heteroatoms. The molecule has 2 aromatic heterocycles. The number of ether oxygens (including phenoxy) is 1. The zero-order valence-corrected chi connectivity index (χ0v) is 11.4. The predicted molar refractivity (Wildman–Crippen MR) is 75.9 cm³/mol. The van der Waals surface area contributed by atoms with E-state index in [-0.39, 0.29) is 17.4 Å². The molecule has 4 atom stereocenters. The van der Waals surface area contributed by atoms with Gasteiger partial charge in [-0.05, 0) is 0 Å². The van der Waals surface area contributed by atoms with Gasteiger partial charge in [-0.1, -0.05) is 0 Å². The second kappa shape index (κ2) is 5.46. The number of imidazole rings is 1. The summed E-state index contributed by atoms with van der Waals surface area (Å²) >= 11 is 0. The summed E-state index contributed by atoms with van der Waals surface area (Å²) in [7, 11) is 0. The number of rotatable bonds is 4. The van der Waals surface area contributed by atoms with E-state index in [2.05, 4.69) is 32.2 Å². The van der Waals surface area contributed by atoms with Crippen molar-refractivity contribution in [3.63, 3.8) is 0 Å². The van der Waals surface area contributed by atoms with E-state index in [0.717, 1.165) is 0 Å². The van der Waals surface area contributed by atoms with Gasteiger partial charge in [-0.2, -0.15) is 15.1 Å². The van der Waals surface area contributed by atoms with Gasteiger partial charge in [-0.25, -0.2) is 10.4 Å². The van der Waals surface area contributed by atoms with Crippen LogP contribution in [-0.2, 0) is 4.74 Å². The van der Waals surface area contributed by atoms with Crippen LogP contribution < -0.4 is 11.2 Å². The number of nitrogens with two attached hydrogens (primary N) is 1. The molecule has 2 aromatic rings. The normalized spacial score (nSPS) is 28.1. The van der Waals surface area contributed by atoms with Crippen LogP contribution in [0.1, 0.15) is 6.23 Å². The van der Waals surface area contributed by atoms with Gasteiger partial charge in [-0.15, -0.1) is 0 Å². The highest BCUT2D eigenvalue weighted by Gasteiger charge is 2.44. The lowest BCUT2D eigenvalue weighted by Crippen LogP contribution is -2.33. The number of nitrogen functional groups attached to an aromatic ring is 1. The van der Waals surface area contributed by atoms with Crippen molar-refractivity contribution in [2.24, 2.45) is 5.10 Å². The number of aliphatic hydroxyl groups excluding tert-OH is 3. The maximum Gasteiger partial charge on any atom is 0.247 e. The third-order valence-corrected chi connectivity index (χ3v) is 3.42. The quantitative estimate of drug-likeness (QED) is 0.319. The average molecular weight is 309 g/mol. The van der Waals surface area contributed by atoms with Gasteiger partial charge in [0, 0.05) is 6.72 Å². The second-order valence-corrected chi connectivity index (χ2v) is 4.76. The van der Waals surface area contributed by atoms with Crippen molar-refractivity contribution in [3.05, 3.63) is 6.33 Å². The molecule has 0 amide bonds. The Morgan fingerprint density at radius 2 is 2.18 bits per heavy atom. The molecule has 22 heavy (non-hydrogen) atoms. The van der Waals surface area contributed by atoms with E-state index < -0.39 is 31.1 Å². The molecule has 118 valence electrons. The van der Waals surface area contributed by atoms with Crippen molar-refractivity contribution in [1.29, 1.82) is 0 Å². The first-order chi connectivity index (χ1) is 10.6. The molecular weight excluding hydrogens is 294 g/mol. The minimum atomic E-state index is -1.25. The minimum Gasteiger partial charge on any atom is -0.394 e. The lowest BCUT2D eigenvalue weighted by molar-refractivity contribution is -0.0511. The number of aliphatic hydroxyl groups is 3. The molecule has 0 unspecified atom stereocenters.